The van der Waals surface area contributed by atoms with E-state index in [4.69, 9.17) is 0 Å². The Hall–Kier alpha value is 0.310. The largest absolute Gasteiger partial charge is 0.370 e. The SMILES string of the molecule is COC(C)[S]. The second kappa shape index (κ2) is 2.54. The summed E-state index contributed by atoms with van der Waals surface area (Å²) in [5.74, 6) is 0. The van der Waals surface area contributed by atoms with Gasteiger partial charge in [0.25, 0.3) is 0 Å². The Morgan fingerprint density at radius 3 is 2.00 bits per heavy atom. The number of hydrogen-bond donors (Lipinski definition) is 0. The van der Waals surface area contributed by atoms with Crippen LogP contribution in [0.25, 0.3) is 0 Å². The third kappa shape index (κ3) is 4.31. The van der Waals surface area contributed by atoms with Crippen LogP contribution in [0.3, 0.4) is 0 Å². The van der Waals surface area contributed by atoms with Crippen molar-refractivity contribution < 1.29 is 4.74 Å². The van der Waals surface area contributed by atoms with E-state index in [0.29, 0.717) is 0 Å². The Labute approximate surface area is 37.7 Å². The molecule has 1 atom stereocenters. The molecule has 0 aliphatic rings. The van der Waals surface area contributed by atoms with Gasteiger partial charge in [-0.3, -0.25) is 0 Å². The average molecular weight is 91.2 g/mol. The van der Waals surface area contributed by atoms with E-state index in [1.165, 1.54) is 0 Å². The Morgan fingerprint density at radius 1 is 1.80 bits per heavy atom. The number of hydrogen-bond acceptors (Lipinski definition) is 1. The minimum Gasteiger partial charge on any atom is -0.370 e. The zero-order chi connectivity index (χ0) is 4.28. The Balaban J connectivity index is 2.54. The van der Waals surface area contributed by atoms with E-state index in [1.807, 2.05) is 6.92 Å². The fraction of sp³-hybridized carbons (Fsp3) is 1.00. The summed E-state index contributed by atoms with van der Waals surface area (Å²) in [5.41, 5.74) is -0.0324. The summed E-state index contributed by atoms with van der Waals surface area (Å²) < 4.78 is 4.56. The van der Waals surface area contributed by atoms with Gasteiger partial charge in [-0.1, -0.05) is 12.6 Å². The molecule has 0 bridgehead atoms. The van der Waals surface area contributed by atoms with Crippen LogP contribution in [0, 0.1) is 0 Å². The number of ether oxygens (including phenoxy) is 1. The zero-order valence-electron chi connectivity index (χ0n) is 3.39. The van der Waals surface area contributed by atoms with Crippen LogP contribution < -0.4 is 0 Å². The quantitative estimate of drug-likeness (QED) is 0.471. The first-order valence-corrected chi connectivity index (χ1v) is 1.93. The van der Waals surface area contributed by atoms with Gasteiger partial charge in [-0.05, 0) is 6.92 Å². The highest BCUT2D eigenvalue weighted by atomic mass is 32.1. The van der Waals surface area contributed by atoms with Crippen LogP contribution in [-0.2, 0) is 4.74 Å². The maximum atomic E-state index is 4.56. The first kappa shape index (κ1) is 5.31. The van der Waals surface area contributed by atoms with Crippen LogP contribution in [0.15, 0.2) is 0 Å². The van der Waals surface area contributed by atoms with Crippen molar-refractivity contribution >= 4 is 12.6 Å². The van der Waals surface area contributed by atoms with E-state index in [0.717, 1.165) is 0 Å². The van der Waals surface area contributed by atoms with Gasteiger partial charge in [-0.15, -0.1) is 0 Å². The lowest BCUT2D eigenvalue weighted by Gasteiger charge is -1.92. The summed E-state index contributed by atoms with van der Waals surface area (Å²) in [7, 11) is 1.59. The predicted molar refractivity (Wildman–Crippen MR) is 24.1 cm³/mol. The molecule has 0 heterocycles. The number of rotatable bonds is 1. The van der Waals surface area contributed by atoms with Crippen LogP contribution >= 0.6 is 12.6 Å². The normalized spacial score (nSPS) is 15.0. The van der Waals surface area contributed by atoms with E-state index >= 15 is 0 Å². The second-order valence-corrected chi connectivity index (χ2v) is 1.47. The molecule has 0 aromatic carbocycles. The molecule has 0 N–H and O–H groups in total. The van der Waals surface area contributed by atoms with Gasteiger partial charge < -0.3 is 4.74 Å². The van der Waals surface area contributed by atoms with Crippen LogP contribution in [0.1, 0.15) is 6.92 Å². The van der Waals surface area contributed by atoms with Gasteiger partial charge in [0.05, 0.1) is 0 Å². The predicted octanol–water partition coefficient (Wildman–Crippen LogP) is 1.18. The third-order valence-electron chi connectivity index (χ3n) is 0.332. The molecule has 0 rings (SSSR count). The molecule has 0 aromatic rings. The van der Waals surface area contributed by atoms with Crippen molar-refractivity contribution in [3.05, 3.63) is 0 Å². The highest BCUT2D eigenvalue weighted by Gasteiger charge is 1.81. The van der Waals surface area contributed by atoms with Crippen molar-refractivity contribution in [1.29, 1.82) is 0 Å². The summed E-state index contributed by atoms with van der Waals surface area (Å²) in [4.78, 5) is 0. The van der Waals surface area contributed by atoms with Crippen LogP contribution in [0.5, 0.6) is 0 Å². The summed E-state index contributed by atoms with van der Waals surface area (Å²) >= 11 is 4.56. The highest BCUT2D eigenvalue weighted by Crippen LogP contribution is 1.88. The van der Waals surface area contributed by atoms with Gasteiger partial charge in [0.15, 0.2) is 0 Å². The summed E-state index contributed by atoms with van der Waals surface area (Å²) in [6.45, 7) is 1.81. The standard InChI is InChI=1S/C3H7OS/c1-3(5)4-2/h3H,1-2H3. The van der Waals surface area contributed by atoms with Crippen molar-refractivity contribution in [2.24, 2.45) is 0 Å². The van der Waals surface area contributed by atoms with Gasteiger partial charge in [0.2, 0.25) is 0 Å². The molecule has 0 fully saturated rings. The smallest absolute Gasteiger partial charge is 0.110 e. The summed E-state index contributed by atoms with van der Waals surface area (Å²) in [6, 6.07) is 0. The molecule has 31 valence electrons. The molecule has 0 aliphatic carbocycles. The molecule has 1 unspecified atom stereocenters. The summed E-state index contributed by atoms with van der Waals surface area (Å²) in [5, 5.41) is 0. The molecule has 2 heteroatoms. The molecular weight excluding hydrogens is 84.1 g/mol. The second-order valence-electron chi connectivity index (χ2n) is 0.803. The van der Waals surface area contributed by atoms with E-state index in [1.54, 1.807) is 7.11 Å². The van der Waals surface area contributed by atoms with Crippen LogP contribution in [-0.4, -0.2) is 12.5 Å². The van der Waals surface area contributed by atoms with Gasteiger partial charge in [-0.2, -0.15) is 0 Å². The first-order chi connectivity index (χ1) is 2.27. The molecule has 0 aliphatic heterocycles. The van der Waals surface area contributed by atoms with E-state index in [9.17, 15) is 0 Å². The Bertz CT molecular complexity index is 20.9. The van der Waals surface area contributed by atoms with Gasteiger partial charge in [-0.25, -0.2) is 0 Å². The van der Waals surface area contributed by atoms with Crippen LogP contribution in [0.2, 0.25) is 0 Å². The maximum Gasteiger partial charge on any atom is 0.110 e. The molecule has 1 radical (unpaired) electrons. The lowest BCUT2D eigenvalue weighted by Crippen LogP contribution is -1.90. The van der Waals surface area contributed by atoms with Crippen molar-refractivity contribution in [3.8, 4) is 0 Å². The van der Waals surface area contributed by atoms with E-state index in [-0.39, 0.29) is 5.44 Å². The minimum atomic E-state index is -0.0324. The highest BCUT2D eigenvalue weighted by molar-refractivity contribution is 7.80. The molecule has 0 spiro atoms. The number of methoxy groups -OCH3 is 1. The average Bonchev–Trinajstić information content (AvgIpc) is 1.38. The fourth-order valence-corrected chi connectivity index (χ4v) is 0. The van der Waals surface area contributed by atoms with Crippen molar-refractivity contribution in [3.63, 3.8) is 0 Å². The van der Waals surface area contributed by atoms with E-state index < -0.39 is 0 Å². The fourth-order valence-electron chi connectivity index (χ4n) is 0. The molecule has 1 nitrogen and oxygen atoms in total. The molecule has 0 saturated heterocycles. The maximum absolute atomic E-state index is 4.56. The topological polar surface area (TPSA) is 9.23 Å². The molecule has 5 heavy (non-hydrogen) atoms. The Kier molecular flexibility index (Phi) is 2.70. The zero-order valence-corrected chi connectivity index (χ0v) is 4.21. The molecule has 0 amide bonds. The lowest BCUT2D eigenvalue weighted by atomic mass is 10.9. The minimum absolute atomic E-state index is 0.0324. The third-order valence-corrected chi connectivity index (χ3v) is 0.524. The summed E-state index contributed by atoms with van der Waals surface area (Å²) in [6.07, 6.45) is 0. The van der Waals surface area contributed by atoms with Gasteiger partial charge in [0, 0.05) is 7.11 Å². The van der Waals surface area contributed by atoms with Crippen molar-refractivity contribution in [1.82, 2.24) is 0 Å². The van der Waals surface area contributed by atoms with Crippen molar-refractivity contribution in [2.75, 3.05) is 7.11 Å². The van der Waals surface area contributed by atoms with E-state index in [2.05, 4.69) is 17.4 Å². The van der Waals surface area contributed by atoms with Crippen molar-refractivity contribution in [2.45, 2.75) is 12.4 Å². The molecule has 0 aromatic heterocycles. The van der Waals surface area contributed by atoms with Gasteiger partial charge in [0.1, 0.15) is 5.44 Å². The lowest BCUT2D eigenvalue weighted by molar-refractivity contribution is 0.189. The first-order valence-electron chi connectivity index (χ1n) is 1.46. The Morgan fingerprint density at radius 2 is 2.00 bits per heavy atom. The molecular formula is C3H7OS. The van der Waals surface area contributed by atoms with Crippen LogP contribution in [0.4, 0.5) is 0 Å². The monoisotopic (exact) mass is 91.0 g/mol. The van der Waals surface area contributed by atoms with Gasteiger partial charge >= 0.3 is 0 Å². The molecule has 0 saturated carbocycles.